The second-order valence-corrected chi connectivity index (χ2v) is 7.47. The Bertz CT molecular complexity index is 385. The Kier molecular flexibility index (Phi) is 4.36. The van der Waals surface area contributed by atoms with Crippen molar-refractivity contribution in [1.82, 2.24) is 0 Å². The van der Waals surface area contributed by atoms with Crippen molar-refractivity contribution in [2.45, 2.75) is 6.10 Å². The highest BCUT2D eigenvalue weighted by Gasteiger charge is 2.37. The van der Waals surface area contributed by atoms with Crippen molar-refractivity contribution < 1.29 is 18.3 Å². The third-order valence-corrected chi connectivity index (χ3v) is 6.09. The lowest BCUT2D eigenvalue weighted by Gasteiger charge is -2.26. The van der Waals surface area contributed by atoms with Crippen molar-refractivity contribution in [2.75, 3.05) is 33.6 Å². The topological polar surface area (TPSA) is 66.2 Å². The van der Waals surface area contributed by atoms with Crippen molar-refractivity contribution in [3.8, 4) is 5.75 Å². The molecule has 1 saturated heterocycles. The number of hydrogen-bond acceptors (Lipinski definition) is 5. The minimum absolute atomic E-state index is 0.245. The first kappa shape index (κ1) is 13.5. The van der Waals surface area contributed by atoms with Crippen LogP contribution in [-0.4, -0.2) is 48.3 Å². The average Bonchev–Trinajstić information content (AvgIpc) is 3.24. The number of nitrogens with two attached hydrogens (primary N) is 1. The molecule has 2 rings (SSSR count). The van der Waals surface area contributed by atoms with Crippen molar-refractivity contribution in [3.05, 3.63) is 24.3 Å². The Hall–Kier alpha value is -0.923. The predicted octanol–water partition coefficient (Wildman–Crippen LogP) is -0.0959. The fourth-order valence-electron chi connectivity index (χ4n) is 1.78. The molecule has 1 aromatic rings. The Morgan fingerprint density at radius 2 is 2.11 bits per heavy atom. The lowest BCUT2D eigenvalue weighted by Crippen LogP contribution is -2.58. The zero-order chi connectivity index (χ0) is 13.0. The minimum atomic E-state index is -2.50. The van der Waals surface area contributed by atoms with Gasteiger partial charge in [0.05, 0.1) is 6.61 Å². The molecule has 5 nitrogen and oxygen atoms in total. The van der Waals surface area contributed by atoms with Gasteiger partial charge in [0.25, 0.3) is 0 Å². The Morgan fingerprint density at radius 3 is 2.67 bits per heavy atom. The van der Waals surface area contributed by atoms with Gasteiger partial charge >= 0.3 is 8.56 Å². The smallest absolute Gasteiger partial charge is 0.386 e. The highest BCUT2D eigenvalue weighted by molar-refractivity contribution is 6.81. The van der Waals surface area contributed by atoms with Crippen LogP contribution in [-0.2, 0) is 13.6 Å². The molecule has 1 atom stereocenters. The summed E-state index contributed by atoms with van der Waals surface area (Å²) in [6.07, 6.45) is 0.616. The Balaban J connectivity index is 2.13. The average molecular weight is 269 g/mol. The second-order valence-electron chi connectivity index (χ2n) is 4.16. The van der Waals surface area contributed by atoms with Crippen LogP contribution in [0.1, 0.15) is 0 Å². The summed E-state index contributed by atoms with van der Waals surface area (Å²) in [6.45, 7) is 1.37. The fourth-order valence-corrected chi connectivity index (χ4v) is 3.70. The molecule has 0 bridgehead atoms. The lowest BCUT2D eigenvalue weighted by molar-refractivity contribution is 0.256. The van der Waals surface area contributed by atoms with Crippen LogP contribution in [0.3, 0.4) is 0 Å². The van der Waals surface area contributed by atoms with Gasteiger partial charge in [-0.2, -0.15) is 0 Å². The van der Waals surface area contributed by atoms with E-state index in [1.54, 1.807) is 14.2 Å². The van der Waals surface area contributed by atoms with Crippen LogP contribution in [0.4, 0.5) is 0 Å². The van der Waals surface area contributed by atoms with E-state index in [9.17, 15) is 0 Å². The molecule has 0 spiro atoms. The summed E-state index contributed by atoms with van der Waals surface area (Å²) in [5, 5.41) is 0.976. The number of benzene rings is 1. The van der Waals surface area contributed by atoms with Crippen molar-refractivity contribution in [2.24, 2.45) is 5.73 Å². The van der Waals surface area contributed by atoms with Gasteiger partial charge in [-0.3, -0.25) is 0 Å². The van der Waals surface area contributed by atoms with E-state index >= 15 is 0 Å². The highest BCUT2D eigenvalue weighted by Crippen LogP contribution is 2.15. The van der Waals surface area contributed by atoms with Crippen LogP contribution in [0, 0.1) is 0 Å². The summed E-state index contributed by atoms with van der Waals surface area (Å²) < 4.78 is 21.8. The quantitative estimate of drug-likeness (QED) is 0.553. The van der Waals surface area contributed by atoms with Gasteiger partial charge in [-0.05, 0) is 17.3 Å². The third kappa shape index (κ3) is 2.90. The van der Waals surface area contributed by atoms with E-state index in [0.29, 0.717) is 12.8 Å². The van der Waals surface area contributed by atoms with E-state index < -0.39 is 8.56 Å². The van der Waals surface area contributed by atoms with Crippen LogP contribution in [0.15, 0.2) is 24.3 Å². The molecular formula is C12H19NO4Si. The largest absolute Gasteiger partial charge is 0.491 e. The summed E-state index contributed by atoms with van der Waals surface area (Å²) in [4.78, 5) is 0. The van der Waals surface area contributed by atoms with Gasteiger partial charge in [-0.1, -0.05) is 12.1 Å². The van der Waals surface area contributed by atoms with E-state index in [2.05, 4.69) is 0 Å². The molecule has 1 unspecified atom stereocenters. The first-order valence-corrected chi connectivity index (χ1v) is 7.92. The molecule has 0 aromatic heterocycles. The molecule has 1 aromatic carbocycles. The van der Waals surface area contributed by atoms with E-state index in [1.165, 1.54) is 0 Å². The van der Waals surface area contributed by atoms with Crippen molar-refractivity contribution in [1.29, 1.82) is 0 Å². The predicted molar refractivity (Wildman–Crippen MR) is 70.1 cm³/mol. The van der Waals surface area contributed by atoms with Gasteiger partial charge in [-0.15, -0.1) is 0 Å². The molecule has 1 fully saturated rings. The summed E-state index contributed by atoms with van der Waals surface area (Å²) >= 11 is 0. The molecule has 1 heterocycles. The third-order valence-electron chi connectivity index (χ3n) is 3.04. The Morgan fingerprint density at radius 1 is 1.39 bits per heavy atom. The van der Waals surface area contributed by atoms with E-state index in [0.717, 1.165) is 17.5 Å². The van der Waals surface area contributed by atoms with E-state index in [4.69, 9.17) is 24.1 Å². The SMILES string of the molecule is CO[Si](CN)(OC)c1cccc(OCC2CO2)c1. The van der Waals surface area contributed by atoms with Gasteiger partial charge in [0.2, 0.25) is 0 Å². The molecule has 100 valence electrons. The monoisotopic (exact) mass is 269 g/mol. The van der Waals surface area contributed by atoms with Crippen LogP contribution in [0.5, 0.6) is 5.75 Å². The minimum Gasteiger partial charge on any atom is -0.491 e. The van der Waals surface area contributed by atoms with E-state index in [1.807, 2.05) is 24.3 Å². The van der Waals surface area contributed by atoms with Crippen molar-refractivity contribution >= 4 is 13.7 Å². The van der Waals surface area contributed by atoms with Gasteiger partial charge in [0.1, 0.15) is 18.5 Å². The zero-order valence-corrected chi connectivity index (χ0v) is 11.7. The molecule has 0 saturated carbocycles. The molecular weight excluding hydrogens is 250 g/mol. The molecule has 1 aliphatic heterocycles. The first-order valence-electron chi connectivity index (χ1n) is 5.89. The lowest BCUT2D eigenvalue weighted by atomic mass is 10.3. The number of rotatable bonds is 7. The van der Waals surface area contributed by atoms with Gasteiger partial charge in [-0.25, -0.2) is 0 Å². The maximum atomic E-state index is 5.79. The number of epoxide rings is 1. The first-order chi connectivity index (χ1) is 8.74. The molecule has 0 amide bonds. The summed E-state index contributed by atoms with van der Waals surface area (Å²) in [5.41, 5.74) is 5.79. The molecule has 6 heteroatoms. The number of hydrogen-bond donors (Lipinski definition) is 1. The molecule has 0 aliphatic carbocycles. The zero-order valence-electron chi connectivity index (χ0n) is 10.7. The fraction of sp³-hybridized carbons (Fsp3) is 0.500. The van der Waals surface area contributed by atoms with Crippen molar-refractivity contribution in [3.63, 3.8) is 0 Å². The maximum absolute atomic E-state index is 5.79. The Labute approximate surface area is 108 Å². The number of ether oxygens (including phenoxy) is 2. The summed E-state index contributed by atoms with van der Waals surface area (Å²) in [7, 11) is 0.767. The summed E-state index contributed by atoms with van der Waals surface area (Å²) in [6, 6.07) is 7.74. The second kappa shape index (κ2) is 5.81. The molecule has 1 aliphatic rings. The van der Waals surface area contributed by atoms with Gasteiger partial charge < -0.3 is 24.1 Å². The summed E-state index contributed by atoms with van der Waals surface area (Å²) in [5.74, 6) is 0.794. The van der Waals surface area contributed by atoms with Crippen LogP contribution >= 0.6 is 0 Å². The van der Waals surface area contributed by atoms with Gasteiger partial charge in [0, 0.05) is 20.4 Å². The molecule has 18 heavy (non-hydrogen) atoms. The molecule has 0 radical (unpaired) electrons. The normalized spacial score (nSPS) is 18.7. The molecule has 2 N–H and O–H groups in total. The van der Waals surface area contributed by atoms with Crippen LogP contribution < -0.4 is 15.7 Å². The maximum Gasteiger partial charge on any atom is 0.386 e. The van der Waals surface area contributed by atoms with Gasteiger partial charge in [0.15, 0.2) is 0 Å². The highest BCUT2D eigenvalue weighted by atomic mass is 28.4. The van der Waals surface area contributed by atoms with E-state index in [-0.39, 0.29) is 6.10 Å². The standard InChI is InChI=1S/C12H19NO4Si/c1-14-18(9-13,15-2)12-5-3-4-10(6-12)16-7-11-8-17-11/h3-6,11H,7-9,13H2,1-2H3. The van der Waals surface area contributed by atoms with Crippen LogP contribution in [0.2, 0.25) is 0 Å². The van der Waals surface area contributed by atoms with Crippen LogP contribution in [0.25, 0.3) is 0 Å².